The number of aryl methyl sites for hydroxylation is 1. The molecular formula is C14H17N3O. The molecule has 0 radical (unpaired) electrons. The van der Waals surface area contributed by atoms with Gasteiger partial charge in [0.05, 0.1) is 35.7 Å². The number of imidazole rings is 1. The summed E-state index contributed by atoms with van der Waals surface area (Å²) in [5.41, 5.74) is 4.26. The second kappa shape index (κ2) is 4.53. The van der Waals surface area contributed by atoms with Crippen molar-refractivity contribution in [3.63, 3.8) is 0 Å². The molecule has 0 aliphatic heterocycles. The van der Waals surface area contributed by atoms with Crippen LogP contribution in [0, 0.1) is 0 Å². The summed E-state index contributed by atoms with van der Waals surface area (Å²) >= 11 is 0. The van der Waals surface area contributed by atoms with Gasteiger partial charge in [-0.15, -0.1) is 0 Å². The predicted molar refractivity (Wildman–Crippen MR) is 68.6 cm³/mol. The highest BCUT2D eigenvalue weighted by Crippen LogP contribution is 2.23. The van der Waals surface area contributed by atoms with Crippen LogP contribution in [0.4, 0.5) is 0 Å². The monoisotopic (exact) mass is 243 g/mol. The van der Waals surface area contributed by atoms with Gasteiger partial charge in [-0.3, -0.25) is 4.98 Å². The molecule has 0 fully saturated rings. The lowest BCUT2D eigenvalue weighted by Crippen LogP contribution is -2.07. The summed E-state index contributed by atoms with van der Waals surface area (Å²) in [5.74, 6) is 0. The molecule has 4 heteroatoms. The highest BCUT2D eigenvalue weighted by molar-refractivity contribution is 5.35. The van der Waals surface area contributed by atoms with Gasteiger partial charge in [0.2, 0.25) is 0 Å². The molecule has 18 heavy (non-hydrogen) atoms. The van der Waals surface area contributed by atoms with Gasteiger partial charge in [-0.2, -0.15) is 0 Å². The number of hydrogen-bond acceptors (Lipinski definition) is 3. The van der Waals surface area contributed by atoms with Crippen LogP contribution in [0.2, 0.25) is 0 Å². The molecule has 0 spiro atoms. The van der Waals surface area contributed by atoms with Crippen LogP contribution in [0.25, 0.3) is 5.69 Å². The Hall–Kier alpha value is -1.68. The van der Waals surface area contributed by atoms with Crippen LogP contribution in [0.3, 0.4) is 0 Å². The molecule has 4 nitrogen and oxygen atoms in total. The van der Waals surface area contributed by atoms with E-state index in [-0.39, 0.29) is 0 Å². The van der Waals surface area contributed by atoms with E-state index in [0.29, 0.717) is 5.69 Å². The summed E-state index contributed by atoms with van der Waals surface area (Å²) < 4.78 is 2.12. The van der Waals surface area contributed by atoms with E-state index in [9.17, 15) is 5.11 Å². The van der Waals surface area contributed by atoms with E-state index in [1.165, 1.54) is 24.2 Å². The van der Waals surface area contributed by atoms with Crippen molar-refractivity contribution in [3.8, 4) is 5.69 Å². The average molecular weight is 243 g/mol. The fourth-order valence-corrected chi connectivity index (χ4v) is 2.48. The number of pyridine rings is 1. The lowest BCUT2D eigenvalue weighted by molar-refractivity contribution is 0.194. The first-order valence-corrected chi connectivity index (χ1v) is 6.45. The number of aliphatic hydroxyl groups is 1. The molecule has 0 aromatic carbocycles. The normalized spacial score (nSPS) is 16.3. The Labute approximate surface area is 106 Å². The molecule has 1 N–H and O–H groups in total. The van der Waals surface area contributed by atoms with Crippen molar-refractivity contribution in [1.82, 2.24) is 14.5 Å². The smallest absolute Gasteiger partial charge is 0.0998 e. The first-order valence-electron chi connectivity index (χ1n) is 6.45. The van der Waals surface area contributed by atoms with Gasteiger partial charge in [0.25, 0.3) is 0 Å². The summed E-state index contributed by atoms with van der Waals surface area (Å²) in [6, 6.07) is 3.86. The second-order valence-corrected chi connectivity index (χ2v) is 4.83. The molecule has 0 saturated carbocycles. The molecule has 0 bridgehead atoms. The minimum atomic E-state index is -0.518. The highest BCUT2D eigenvalue weighted by atomic mass is 16.3. The third-order valence-corrected chi connectivity index (χ3v) is 3.51. The number of rotatable bonds is 2. The molecule has 3 rings (SSSR count). The number of fused-ring (bicyclic) bond motifs is 1. The van der Waals surface area contributed by atoms with Gasteiger partial charge >= 0.3 is 0 Å². The quantitative estimate of drug-likeness (QED) is 0.879. The lowest BCUT2D eigenvalue weighted by Gasteiger charge is -2.14. The van der Waals surface area contributed by atoms with Crippen molar-refractivity contribution >= 4 is 0 Å². The standard InChI is InChI=1S/C14H17N3O/c1-10(18)12-7-6-11(8-15-12)17-9-16-13-4-2-3-5-14(13)17/h6-10,18H,2-5H2,1H3/t10-/m0/s1. The van der Waals surface area contributed by atoms with Gasteiger partial charge in [0.15, 0.2) is 0 Å². The molecule has 0 saturated heterocycles. The topological polar surface area (TPSA) is 50.9 Å². The van der Waals surface area contributed by atoms with Crippen LogP contribution < -0.4 is 0 Å². The first kappa shape index (κ1) is 11.4. The van der Waals surface area contributed by atoms with Crippen LogP contribution in [-0.2, 0) is 12.8 Å². The Morgan fingerprint density at radius 1 is 1.22 bits per heavy atom. The van der Waals surface area contributed by atoms with E-state index in [2.05, 4.69) is 14.5 Å². The molecular weight excluding hydrogens is 226 g/mol. The zero-order valence-electron chi connectivity index (χ0n) is 10.5. The molecule has 1 aliphatic rings. The first-order chi connectivity index (χ1) is 8.75. The van der Waals surface area contributed by atoms with Crippen LogP contribution in [-0.4, -0.2) is 19.6 Å². The largest absolute Gasteiger partial charge is 0.387 e. The minimum absolute atomic E-state index is 0.518. The summed E-state index contributed by atoms with van der Waals surface area (Å²) in [6.45, 7) is 1.72. The van der Waals surface area contributed by atoms with E-state index in [1.807, 2.05) is 18.5 Å². The molecule has 94 valence electrons. The fraction of sp³-hybridized carbons (Fsp3) is 0.429. The zero-order valence-corrected chi connectivity index (χ0v) is 10.5. The third kappa shape index (κ3) is 1.93. The van der Waals surface area contributed by atoms with Gasteiger partial charge in [-0.1, -0.05) is 0 Å². The molecule has 0 amide bonds. The number of hydrogen-bond donors (Lipinski definition) is 1. The molecule has 2 aromatic rings. The summed E-state index contributed by atoms with van der Waals surface area (Å²) in [6.07, 6.45) is 7.82. The Kier molecular flexibility index (Phi) is 2.88. The fourth-order valence-electron chi connectivity index (χ4n) is 2.48. The van der Waals surface area contributed by atoms with Gasteiger partial charge in [-0.05, 0) is 44.7 Å². The van der Waals surface area contributed by atoms with Crippen LogP contribution >= 0.6 is 0 Å². The number of aliphatic hydroxyl groups excluding tert-OH is 1. The Bertz CT molecular complexity index is 543. The SMILES string of the molecule is C[C@H](O)c1ccc(-n2cnc3c2CCCC3)cn1. The van der Waals surface area contributed by atoms with E-state index >= 15 is 0 Å². The summed E-state index contributed by atoms with van der Waals surface area (Å²) in [7, 11) is 0. The Morgan fingerprint density at radius 3 is 2.78 bits per heavy atom. The molecule has 1 atom stereocenters. The molecule has 1 aliphatic carbocycles. The van der Waals surface area contributed by atoms with E-state index in [4.69, 9.17) is 0 Å². The van der Waals surface area contributed by atoms with Crippen LogP contribution in [0.1, 0.15) is 43.0 Å². The zero-order chi connectivity index (χ0) is 12.5. The minimum Gasteiger partial charge on any atom is -0.387 e. The van der Waals surface area contributed by atoms with E-state index in [0.717, 1.165) is 18.5 Å². The summed E-state index contributed by atoms with van der Waals surface area (Å²) in [5, 5.41) is 9.46. The van der Waals surface area contributed by atoms with Crippen LogP contribution in [0.5, 0.6) is 0 Å². The number of aromatic nitrogens is 3. The maximum absolute atomic E-state index is 9.46. The lowest BCUT2D eigenvalue weighted by atomic mass is 10.0. The van der Waals surface area contributed by atoms with Crippen LogP contribution in [0.15, 0.2) is 24.7 Å². The molecule has 2 heterocycles. The van der Waals surface area contributed by atoms with Crippen molar-refractivity contribution in [3.05, 3.63) is 41.7 Å². The Balaban J connectivity index is 1.97. The van der Waals surface area contributed by atoms with E-state index < -0.39 is 6.10 Å². The van der Waals surface area contributed by atoms with Crippen molar-refractivity contribution in [2.75, 3.05) is 0 Å². The third-order valence-electron chi connectivity index (χ3n) is 3.51. The number of nitrogens with zero attached hydrogens (tertiary/aromatic N) is 3. The molecule has 2 aromatic heterocycles. The van der Waals surface area contributed by atoms with Crippen molar-refractivity contribution in [2.45, 2.75) is 38.7 Å². The van der Waals surface area contributed by atoms with Gasteiger partial charge in [0, 0.05) is 5.69 Å². The van der Waals surface area contributed by atoms with E-state index in [1.54, 1.807) is 13.1 Å². The highest BCUT2D eigenvalue weighted by Gasteiger charge is 2.16. The summed E-state index contributed by atoms with van der Waals surface area (Å²) in [4.78, 5) is 8.76. The van der Waals surface area contributed by atoms with Crippen molar-refractivity contribution < 1.29 is 5.11 Å². The maximum Gasteiger partial charge on any atom is 0.0998 e. The van der Waals surface area contributed by atoms with Crippen molar-refractivity contribution in [2.24, 2.45) is 0 Å². The van der Waals surface area contributed by atoms with Crippen molar-refractivity contribution in [1.29, 1.82) is 0 Å². The average Bonchev–Trinajstić information content (AvgIpc) is 2.82. The maximum atomic E-state index is 9.46. The molecule has 0 unspecified atom stereocenters. The Morgan fingerprint density at radius 2 is 2.06 bits per heavy atom. The van der Waals surface area contributed by atoms with Gasteiger partial charge in [0.1, 0.15) is 0 Å². The van der Waals surface area contributed by atoms with Gasteiger partial charge < -0.3 is 9.67 Å². The second-order valence-electron chi connectivity index (χ2n) is 4.83. The van der Waals surface area contributed by atoms with Gasteiger partial charge in [-0.25, -0.2) is 4.98 Å². The predicted octanol–water partition coefficient (Wildman–Crippen LogP) is 2.20.